The fourth-order valence-electron chi connectivity index (χ4n) is 4.34. The van der Waals surface area contributed by atoms with Gasteiger partial charge in [-0.2, -0.15) is 0 Å². The van der Waals surface area contributed by atoms with Gasteiger partial charge in [0.1, 0.15) is 17.7 Å². The summed E-state index contributed by atoms with van der Waals surface area (Å²) < 4.78 is 10.4. The molecule has 9 nitrogen and oxygen atoms in total. The van der Waals surface area contributed by atoms with E-state index in [0.29, 0.717) is 19.4 Å². The molecule has 1 aromatic carbocycles. The third-order valence-corrected chi connectivity index (χ3v) is 6.04. The first kappa shape index (κ1) is 33.9. The second-order valence-electron chi connectivity index (χ2n) is 11.3. The van der Waals surface area contributed by atoms with Crippen LogP contribution < -0.4 is 10.6 Å². The maximum absolute atomic E-state index is 14.2. The van der Waals surface area contributed by atoms with E-state index in [0.717, 1.165) is 23.1 Å². The molecular formula is C30H49N3O6. The van der Waals surface area contributed by atoms with Crippen molar-refractivity contribution < 1.29 is 28.7 Å². The minimum absolute atomic E-state index is 0.0259. The molecule has 0 heterocycles. The van der Waals surface area contributed by atoms with E-state index in [9.17, 15) is 19.2 Å². The molecule has 0 aliphatic heterocycles. The number of carbonyl (C=O) groups excluding carboxylic acids is 4. The molecule has 0 bridgehead atoms. The summed E-state index contributed by atoms with van der Waals surface area (Å²) in [6, 6.07) is 3.91. The van der Waals surface area contributed by atoms with Gasteiger partial charge in [-0.05, 0) is 77.0 Å². The number of amides is 3. The summed E-state index contributed by atoms with van der Waals surface area (Å²) in [5.74, 6) is -1.05. The molecule has 1 rings (SSSR count). The highest BCUT2D eigenvalue weighted by atomic mass is 16.6. The SMILES string of the molecule is CCCCN(C(=O)C(CC(C)C)NC(=O)OC(C)(C)C)C(C(=O)NCCC(=O)OCC)c1c(C)cccc1C. The molecule has 1 aromatic rings. The second kappa shape index (κ2) is 16.1. The van der Waals surface area contributed by atoms with Gasteiger partial charge in [-0.25, -0.2) is 4.79 Å². The van der Waals surface area contributed by atoms with E-state index in [1.54, 1.807) is 32.6 Å². The number of alkyl carbamates (subject to hydrolysis) is 1. The number of benzene rings is 1. The topological polar surface area (TPSA) is 114 Å². The van der Waals surface area contributed by atoms with E-state index in [-0.39, 0.29) is 37.3 Å². The van der Waals surface area contributed by atoms with E-state index in [1.165, 1.54) is 0 Å². The Labute approximate surface area is 234 Å². The van der Waals surface area contributed by atoms with Crippen molar-refractivity contribution in [2.75, 3.05) is 19.7 Å². The lowest BCUT2D eigenvalue weighted by molar-refractivity contribution is -0.144. The molecule has 0 fully saturated rings. The maximum Gasteiger partial charge on any atom is 0.408 e. The Morgan fingerprint density at radius 3 is 2.15 bits per heavy atom. The lowest BCUT2D eigenvalue weighted by atomic mass is 9.92. The predicted octanol–water partition coefficient (Wildman–Crippen LogP) is 4.98. The number of rotatable bonds is 14. The molecule has 0 aliphatic rings. The van der Waals surface area contributed by atoms with E-state index in [1.807, 2.05) is 52.8 Å². The molecule has 39 heavy (non-hydrogen) atoms. The van der Waals surface area contributed by atoms with Gasteiger partial charge < -0.3 is 25.0 Å². The molecule has 2 atom stereocenters. The zero-order valence-electron chi connectivity index (χ0n) is 25.3. The molecule has 0 saturated heterocycles. The van der Waals surface area contributed by atoms with Crippen molar-refractivity contribution in [1.29, 1.82) is 0 Å². The Balaban J connectivity index is 3.50. The quantitative estimate of drug-likeness (QED) is 0.318. The van der Waals surface area contributed by atoms with Crippen LogP contribution in [0.4, 0.5) is 4.79 Å². The van der Waals surface area contributed by atoms with Crippen molar-refractivity contribution in [1.82, 2.24) is 15.5 Å². The van der Waals surface area contributed by atoms with Crippen LogP contribution in [0.15, 0.2) is 18.2 Å². The number of nitrogens with zero attached hydrogens (tertiary/aromatic N) is 1. The third kappa shape index (κ3) is 11.7. The average molecular weight is 548 g/mol. The number of ether oxygens (including phenoxy) is 2. The number of hydrogen-bond donors (Lipinski definition) is 2. The fraction of sp³-hybridized carbons (Fsp3) is 0.667. The Bertz CT molecular complexity index is 950. The van der Waals surface area contributed by atoms with E-state index < -0.39 is 29.7 Å². The number of carbonyl (C=O) groups is 4. The molecule has 0 aromatic heterocycles. The minimum Gasteiger partial charge on any atom is -0.466 e. The average Bonchev–Trinajstić information content (AvgIpc) is 2.80. The van der Waals surface area contributed by atoms with Crippen LogP contribution in [0.5, 0.6) is 0 Å². The molecule has 2 unspecified atom stereocenters. The van der Waals surface area contributed by atoms with E-state index >= 15 is 0 Å². The van der Waals surface area contributed by atoms with Gasteiger partial charge >= 0.3 is 12.1 Å². The molecule has 0 radical (unpaired) electrons. The van der Waals surface area contributed by atoms with Crippen molar-refractivity contribution in [3.63, 3.8) is 0 Å². The van der Waals surface area contributed by atoms with Gasteiger partial charge in [-0.1, -0.05) is 45.4 Å². The van der Waals surface area contributed by atoms with Crippen LogP contribution in [0.25, 0.3) is 0 Å². The molecule has 3 amide bonds. The molecule has 9 heteroatoms. The Morgan fingerprint density at radius 1 is 1.03 bits per heavy atom. The van der Waals surface area contributed by atoms with Gasteiger partial charge in [0.25, 0.3) is 0 Å². The Kier molecular flexibility index (Phi) is 14.0. The zero-order valence-corrected chi connectivity index (χ0v) is 25.3. The van der Waals surface area contributed by atoms with Crippen molar-refractivity contribution in [2.45, 2.75) is 106 Å². The smallest absolute Gasteiger partial charge is 0.408 e. The number of nitrogens with one attached hydrogen (secondary N) is 2. The number of unbranched alkanes of at least 4 members (excludes halogenated alkanes) is 1. The van der Waals surface area contributed by atoms with E-state index in [2.05, 4.69) is 10.6 Å². The lowest BCUT2D eigenvalue weighted by Gasteiger charge is -2.36. The van der Waals surface area contributed by atoms with Crippen LogP contribution in [-0.2, 0) is 23.9 Å². The van der Waals surface area contributed by atoms with Crippen LogP contribution in [0, 0.1) is 19.8 Å². The van der Waals surface area contributed by atoms with Gasteiger partial charge in [0.2, 0.25) is 11.8 Å². The number of esters is 1. The van der Waals surface area contributed by atoms with Gasteiger partial charge in [0.05, 0.1) is 13.0 Å². The van der Waals surface area contributed by atoms with Crippen molar-refractivity contribution in [3.05, 3.63) is 34.9 Å². The van der Waals surface area contributed by atoms with Crippen LogP contribution in [0.2, 0.25) is 0 Å². The highest BCUT2D eigenvalue weighted by Gasteiger charge is 2.37. The third-order valence-electron chi connectivity index (χ3n) is 6.04. The van der Waals surface area contributed by atoms with E-state index in [4.69, 9.17) is 9.47 Å². The van der Waals surface area contributed by atoms with Crippen LogP contribution >= 0.6 is 0 Å². The molecular weight excluding hydrogens is 498 g/mol. The largest absolute Gasteiger partial charge is 0.466 e. The Morgan fingerprint density at radius 2 is 1.64 bits per heavy atom. The Hall–Kier alpha value is -3.10. The van der Waals surface area contributed by atoms with Crippen LogP contribution in [0.1, 0.15) is 96.9 Å². The zero-order chi connectivity index (χ0) is 29.8. The predicted molar refractivity (Wildman–Crippen MR) is 152 cm³/mol. The van der Waals surface area contributed by atoms with Gasteiger partial charge in [0.15, 0.2) is 0 Å². The summed E-state index contributed by atoms with van der Waals surface area (Å²) in [6.45, 7) is 17.5. The molecule has 0 saturated carbocycles. The summed E-state index contributed by atoms with van der Waals surface area (Å²) >= 11 is 0. The van der Waals surface area contributed by atoms with Gasteiger partial charge in [0, 0.05) is 13.1 Å². The summed E-state index contributed by atoms with van der Waals surface area (Å²) in [6.07, 6.45) is 1.20. The molecule has 0 aliphatic carbocycles. The molecule has 2 N–H and O–H groups in total. The van der Waals surface area contributed by atoms with Crippen molar-refractivity contribution in [2.24, 2.45) is 5.92 Å². The first-order valence-electron chi connectivity index (χ1n) is 14.0. The summed E-state index contributed by atoms with van der Waals surface area (Å²) in [4.78, 5) is 54.1. The molecule has 220 valence electrons. The maximum atomic E-state index is 14.2. The summed E-state index contributed by atoms with van der Waals surface area (Å²) in [7, 11) is 0. The second-order valence-corrected chi connectivity index (χ2v) is 11.3. The first-order valence-corrected chi connectivity index (χ1v) is 14.0. The lowest BCUT2D eigenvalue weighted by Crippen LogP contribution is -2.54. The van der Waals surface area contributed by atoms with Gasteiger partial charge in [-0.15, -0.1) is 0 Å². The normalized spacial score (nSPS) is 12.9. The number of hydrogen-bond acceptors (Lipinski definition) is 6. The first-order chi connectivity index (χ1) is 18.2. The van der Waals surface area contributed by atoms with Crippen molar-refractivity contribution >= 4 is 23.9 Å². The highest BCUT2D eigenvalue weighted by Crippen LogP contribution is 2.29. The summed E-state index contributed by atoms with van der Waals surface area (Å²) in [5.41, 5.74) is 1.75. The fourth-order valence-corrected chi connectivity index (χ4v) is 4.34. The van der Waals surface area contributed by atoms with Gasteiger partial charge in [-0.3, -0.25) is 14.4 Å². The van der Waals surface area contributed by atoms with Crippen LogP contribution in [0.3, 0.4) is 0 Å². The standard InChI is InChI=1S/C30H49N3O6/c1-10-12-18-33(28(36)23(19-20(3)4)32-29(37)39-30(7,8)9)26(25-21(5)14-13-15-22(25)6)27(35)31-17-16-24(34)38-11-2/h13-15,20,23,26H,10-12,16-19H2,1-9H3,(H,31,35)(H,32,37). The number of aryl methyl sites for hydroxylation is 2. The molecule has 0 spiro atoms. The summed E-state index contributed by atoms with van der Waals surface area (Å²) in [5, 5.41) is 5.61. The van der Waals surface area contributed by atoms with Crippen molar-refractivity contribution in [3.8, 4) is 0 Å². The van der Waals surface area contributed by atoms with Crippen LogP contribution in [-0.4, -0.2) is 60.1 Å². The monoisotopic (exact) mass is 547 g/mol. The minimum atomic E-state index is -0.942. The highest BCUT2D eigenvalue weighted by molar-refractivity contribution is 5.92.